The number of amides is 1. The van der Waals surface area contributed by atoms with Gasteiger partial charge in [-0.15, -0.1) is 0 Å². The van der Waals surface area contributed by atoms with Crippen molar-refractivity contribution in [2.24, 2.45) is 4.99 Å². The van der Waals surface area contributed by atoms with Crippen LogP contribution in [0.1, 0.15) is 19.8 Å². The fraction of sp³-hybridized carbons (Fsp3) is 0.500. The Labute approximate surface area is 75.5 Å². The Balaban J connectivity index is 2.27. The number of hydrogen-bond acceptors (Lipinski definition) is 3. The summed E-state index contributed by atoms with van der Waals surface area (Å²) in [6, 6.07) is 0. The van der Waals surface area contributed by atoms with Crippen LogP contribution in [0.5, 0.6) is 0 Å². The summed E-state index contributed by atoms with van der Waals surface area (Å²) in [5.74, 6) is 0.0168. The SMILES string of the molecule is CC1=CSC2=NC(=O)CCCN12. The molecule has 0 aromatic carbocycles. The van der Waals surface area contributed by atoms with Crippen LogP contribution in [0.4, 0.5) is 0 Å². The summed E-state index contributed by atoms with van der Waals surface area (Å²) in [6.45, 7) is 2.98. The normalized spacial score (nSPS) is 23.1. The minimum absolute atomic E-state index is 0.0168. The molecule has 0 saturated heterocycles. The van der Waals surface area contributed by atoms with E-state index in [0.717, 1.165) is 18.1 Å². The molecule has 2 aliphatic rings. The highest BCUT2D eigenvalue weighted by molar-refractivity contribution is 8.16. The lowest BCUT2D eigenvalue weighted by molar-refractivity contribution is -0.117. The molecular formula is C8H10N2OS. The van der Waals surface area contributed by atoms with Crippen LogP contribution in [0.3, 0.4) is 0 Å². The average Bonchev–Trinajstić information content (AvgIpc) is 2.31. The fourth-order valence-corrected chi connectivity index (χ4v) is 2.25. The largest absolute Gasteiger partial charge is 0.324 e. The van der Waals surface area contributed by atoms with Gasteiger partial charge in [-0.05, 0) is 18.8 Å². The van der Waals surface area contributed by atoms with Crippen molar-refractivity contribution in [1.82, 2.24) is 4.90 Å². The third kappa shape index (κ3) is 1.27. The zero-order chi connectivity index (χ0) is 8.55. The van der Waals surface area contributed by atoms with Crippen molar-refractivity contribution in [2.75, 3.05) is 6.54 Å². The van der Waals surface area contributed by atoms with Gasteiger partial charge in [-0.2, -0.15) is 4.99 Å². The van der Waals surface area contributed by atoms with Crippen LogP contribution < -0.4 is 0 Å². The van der Waals surface area contributed by atoms with E-state index in [2.05, 4.69) is 9.89 Å². The van der Waals surface area contributed by atoms with E-state index in [4.69, 9.17) is 0 Å². The minimum Gasteiger partial charge on any atom is -0.324 e. The van der Waals surface area contributed by atoms with E-state index in [-0.39, 0.29) is 5.91 Å². The lowest BCUT2D eigenvalue weighted by Crippen LogP contribution is -2.22. The van der Waals surface area contributed by atoms with Gasteiger partial charge in [0.15, 0.2) is 5.17 Å². The third-order valence-electron chi connectivity index (χ3n) is 1.98. The summed E-state index contributed by atoms with van der Waals surface area (Å²) in [7, 11) is 0. The second-order valence-electron chi connectivity index (χ2n) is 2.92. The molecule has 4 heteroatoms. The van der Waals surface area contributed by atoms with Crippen molar-refractivity contribution in [3.05, 3.63) is 11.1 Å². The molecule has 0 aromatic heterocycles. The van der Waals surface area contributed by atoms with Crippen LogP contribution >= 0.6 is 11.8 Å². The maximum absolute atomic E-state index is 11.1. The summed E-state index contributed by atoms with van der Waals surface area (Å²) < 4.78 is 0. The number of fused-ring (bicyclic) bond motifs is 1. The van der Waals surface area contributed by atoms with E-state index in [1.54, 1.807) is 11.8 Å². The Kier molecular flexibility index (Phi) is 1.92. The zero-order valence-corrected chi connectivity index (χ0v) is 7.73. The number of aliphatic imine (C=N–C) groups is 1. The van der Waals surface area contributed by atoms with Crippen molar-refractivity contribution in [1.29, 1.82) is 0 Å². The molecule has 0 aliphatic carbocycles. The molecule has 0 bridgehead atoms. The number of carbonyl (C=O) groups excluding carboxylic acids is 1. The van der Waals surface area contributed by atoms with Gasteiger partial charge in [0.1, 0.15) is 0 Å². The number of carbonyl (C=O) groups is 1. The molecule has 3 nitrogen and oxygen atoms in total. The highest BCUT2D eigenvalue weighted by Gasteiger charge is 2.22. The molecule has 0 radical (unpaired) electrons. The van der Waals surface area contributed by atoms with Gasteiger partial charge in [0.05, 0.1) is 0 Å². The van der Waals surface area contributed by atoms with Gasteiger partial charge in [0.2, 0.25) is 5.91 Å². The fourth-order valence-electron chi connectivity index (χ4n) is 1.33. The summed E-state index contributed by atoms with van der Waals surface area (Å²) in [5.41, 5.74) is 1.20. The Morgan fingerprint density at radius 2 is 2.50 bits per heavy atom. The molecule has 1 amide bonds. The highest BCUT2D eigenvalue weighted by atomic mass is 32.2. The van der Waals surface area contributed by atoms with Crippen molar-refractivity contribution in [2.45, 2.75) is 19.8 Å². The van der Waals surface area contributed by atoms with E-state index in [1.165, 1.54) is 5.70 Å². The van der Waals surface area contributed by atoms with E-state index in [1.807, 2.05) is 12.3 Å². The predicted octanol–water partition coefficient (Wildman–Crippen LogP) is 1.57. The molecule has 0 fully saturated rings. The number of nitrogens with zero attached hydrogens (tertiary/aromatic N) is 2. The molecule has 12 heavy (non-hydrogen) atoms. The number of amidine groups is 1. The third-order valence-corrected chi connectivity index (χ3v) is 2.97. The molecule has 0 N–H and O–H groups in total. The van der Waals surface area contributed by atoms with Crippen LogP contribution in [0, 0.1) is 0 Å². The molecule has 0 unspecified atom stereocenters. The van der Waals surface area contributed by atoms with Gasteiger partial charge in [-0.25, -0.2) is 0 Å². The summed E-state index contributed by atoms with van der Waals surface area (Å²) in [5, 5.41) is 2.90. The summed E-state index contributed by atoms with van der Waals surface area (Å²) in [4.78, 5) is 17.2. The monoisotopic (exact) mass is 182 g/mol. The van der Waals surface area contributed by atoms with Crippen LogP contribution in [-0.2, 0) is 4.79 Å². The lowest BCUT2D eigenvalue weighted by atomic mass is 10.3. The lowest BCUT2D eigenvalue weighted by Gasteiger charge is -2.16. The topological polar surface area (TPSA) is 32.7 Å². The Morgan fingerprint density at radius 3 is 3.33 bits per heavy atom. The van der Waals surface area contributed by atoms with E-state index in [0.29, 0.717) is 6.42 Å². The first-order valence-corrected chi connectivity index (χ1v) is 4.88. The molecule has 2 heterocycles. The molecule has 2 rings (SSSR count). The summed E-state index contributed by atoms with van der Waals surface area (Å²) >= 11 is 1.54. The first kappa shape index (κ1) is 7.86. The Bertz CT molecular complexity index is 283. The highest BCUT2D eigenvalue weighted by Crippen LogP contribution is 2.27. The smallest absolute Gasteiger partial charge is 0.248 e. The second-order valence-corrected chi connectivity index (χ2v) is 3.76. The van der Waals surface area contributed by atoms with Crippen molar-refractivity contribution < 1.29 is 4.79 Å². The van der Waals surface area contributed by atoms with E-state index < -0.39 is 0 Å². The first-order chi connectivity index (χ1) is 5.77. The van der Waals surface area contributed by atoms with Crippen molar-refractivity contribution in [3.63, 3.8) is 0 Å². The van der Waals surface area contributed by atoms with Crippen LogP contribution in [0.2, 0.25) is 0 Å². The van der Waals surface area contributed by atoms with Gasteiger partial charge in [0.25, 0.3) is 0 Å². The molecule has 0 saturated carbocycles. The van der Waals surface area contributed by atoms with Crippen LogP contribution in [0.25, 0.3) is 0 Å². The van der Waals surface area contributed by atoms with Crippen molar-refractivity contribution in [3.8, 4) is 0 Å². The van der Waals surface area contributed by atoms with E-state index in [9.17, 15) is 4.79 Å². The average molecular weight is 182 g/mol. The standard InChI is InChI=1S/C8H10N2OS/c1-6-5-12-8-9-7(11)3-2-4-10(6)8/h5H,2-4H2,1H3. The Hall–Kier alpha value is -0.770. The molecule has 0 atom stereocenters. The Morgan fingerprint density at radius 1 is 1.67 bits per heavy atom. The molecule has 2 aliphatic heterocycles. The van der Waals surface area contributed by atoms with Gasteiger partial charge in [-0.3, -0.25) is 4.79 Å². The van der Waals surface area contributed by atoms with Crippen LogP contribution in [0.15, 0.2) is 16.1 Å². The minimum atomic E-state index is 0.0168. The van der Waals surface area contributed by atoms with E-state index >= 15 is 0 Å². The van der Waals surface area contributed by atoms with Gasteiger partial charge >= 0.3 is 0 Å². The molecular weight excluding hydrogens is 172 g/mol. The maximum Gasteiger partial charge on any atom is 0.248 e. The van der Waals surface area contributed by atoms with Gasteiger partial charge < -0.3 is 4.90 Å². The molecule has 0 aromatic rings. The first-order valence-electron chi connectivity index (χ1n) is 4.00. The quantitative estimate of drug-likeness (QED) is 0.570. The maximum atomic E-state index is 11.1. The summed E-state index contributed by atoms with van der Waals surface area (Å²) in [6.07, 6.45) is 1.51. The van der Waals surface area contributed by atoms with Gasteiger partial charge in [0, 0.05) is 18.7 Å². The van der Waals surface area contributed by atoms with Gasteiger partial charge in [-0.1, -0.05) is 11.8 Å². The molecule has 0 spiro atoms. The predicted molar refractivity (Wildman–Crippen MR) is 49.7 cm³/mol. The molecule has 64 valence electrons. The second kappa shape index (κ2) is 2.94. The number of allylic oxidation sites excluding steroid dienone is 1. The van der Waals surface area contributed by atoms with Crippen molar-refractivity contribution >= 4 is 22.8 Å². The number of hydrogen-bond donors (Lipinski definition) is 0. The van der Waals surface area contributed by atoms with Crippen LogP contribution in [-0.4, -0.2) is 22.5 Å². The number of thioether (sulfide) groups is 1. The zero-order valence-electron chi connectivity index (χ0n) is 6.91. The number of rotatable bonds is 0.